The lowest BCUT2D eigenvalue weighted by Crippen LogP contribution is -2.23. The lowest BCUT2D eigenvalue weighted by Gasteiger charge is -2.13. The Morgan fingerprint density at radius 1 is 1.30 bits per heavy atom. The number of rotatable bonds is 5. The van der Waals surface area contributed by atoms with Gasteiger partial charge in [-0.25, -0.2) is 17.9 Å². The fraction of sp³-hybridized carbons (Fsp3) is 0.308. The molecule has 0 unspecified atom stereocenters. The van der Waals surface area contributed by atoms with Gasteiger partial charge >= 0.3 is 12.1 Å². The summed E-state index contributed by atoms with van der Waals surface area (Å²) in [6, 6.07) is 5.66. The molecule has 0 atom stereocenters. The summed E-state index contributed by atoms with van der Waals surface area (Å²) < 4.78 is 36.4. The molecule has 23 heavy (non-hydrogen) atoms. The number of carbonyl (C=O) groups excluding carboxylic acids is 1. The Balaban J connectivity index is 1.78. The highest BCUT2D eigenvalue weighted by Crippen LogP contribution is 2.22. The molecule has 0 radical (unpaired) electrons. The van der Waals surface area contributed by atoms with E-state index >= 15 is 0 Å². The molecule has 0 saturated carbocycles. The van der Waals surface area contributed by atoms with Gasteiger partial charge < -0.3 is 9.26 Å². The van der Waals surface area contributed by atoms with Crippen LogP contribution < -0.4 is 9.62 Å². The average Bonchev–Trinajstić information content (AvgIpc) is 3.16. The largest absolute Gasteiger partial charge is 0.447 e. The Morgan fingerprint density at radius 2 is 2.04 bits per heavy atom. The minimum absolute atomic E-state index is 0.0186. The summed E-state index contributed by atoms with van der Waals surface area (Å²) >= 11 is 0. The van der Waals surface area contributed by atoms with Crippen molar-refractivity contribution in [1.29, 1.82) is 0 Å². The van der Waals surface area contributed by atoms with Crippen LogP contribution in [-0.4, -0.2) is 37.8 Å². The van der Waals surface area contributed by atoms with E-state index in [4.69, 9.17) is 9.26 Å². The molecule has 1 fully saturated rings. The molecule has 2 heterocycles. The van der Waals surface area contributed by atoms with E-state index in [0.717, 1.165) is 0 Å². The molecule has 1 aliphatic heterocycles. The van der Waals surface area contributed by atoms with E-state index < -0.39 is 16.1 Å². The number of anilines is 2. The van der Waals surface area contributed by atoms with Gasteiger partial charge in [-0.1, -0.05) is 12.1 Å². The van der Waals surface area contributed by atoms with E-state index in [1.54, 1.807) is 0 Å². The molecular formula is C13H14N4O5S. The summed E-state index contributed by atoms with van der Waals surface area (Å²) in [6.07, 6.45) is 0.0861. The second-order valence-electron chi connectivity index (χ2n) is 4.73. The van der Waals surface area contributed by atoms with Gasteiger partial charge in [-0.3, -0.25) is 4.90 Å². The molecular weight excluding hydrogens is 324 g/mol. The van der Waals surface area contributed by atoms with E-state index in [9.17, 15) is 13.2 Å². The Labute approximate surface area is 132 Å². The maximum atomic E-state index is 12.3. The van der Waals surface area contributed by atoms with Crippen LogP contribution in [0.5, 0.6) is 0 Å². The maximum Gasteiger partial charge on any atom is 0.414 e. The third-order valence-electron chi connectivity index (χ3n) is 3.23. The zero-order valence-corrected chi connectivity index (χ0v) is 13.0. The number of carbonyl (C=O) groups is 1. The predicted molar refractivity (Wildman–Crippen MR) is 79.6 cm³/mol. The number of aryl methyl sites for hydroxylation is 1. The van der Waals surface area contributed by atoms with Crippen molar-refractivity contribution in [3.63, 3.8) is 0 Å². The molecule has 122 valence electrons. The van der Waals surface area contributed by atoms with E-state index in [0.29, 0.717) is 31.1 Å². The minimum atomic E-state index is -3.84. The number of hydrogen-bond donors (Lipinski definition) is 1. The Kier molecular flexibility index (Phi) is 3.90. The Hall–Kier alpha value is -2.62. The van der Waals surface area contributed by atoms with Crippen molar-refractivity contribution in [3.8, 4) is 0 Å². The molecule has 1 amide bonds. The summed E-state index contributed by atoms with van der Waals surface area (Å²) in [6.45, 7) is 2.58. The summed E-state index contributed by atoms with van der Waals surface area (Å²) in [5.74, 6) is 0.408. The number of sulfonamides is 1. The van der Waals surface area contributed by atoms with Crippen LogP contribution in [0, 0.1) is 0 Å². The summed E-state index contributed by atoms with van der Waals surface area (Å²) in [5.41, 5.74) is 0.567. The van der Waals surface area contributed by atoms with Crippen LogP contribution in [0.1, 0.15) is 12.7 Å². The summed E-state index contributed by atoms with van der Waals surface area (Å²) in [7, 11) is -3.84. The first-order valence-corrected chi connectivity index (χ1v) is 8.37. The van der Waals surface area contributed by atoms with Crippen LogP contribution in [0.3, 0.4) is 0 Å². The van der Waals surface area contributed by atoms with Crippen molar-refractivity contribution in [3.05, 3.63) is 30.1 Å². The third-order valence-corrected chi connectivity index (χ3v) is 4.56. The molecule has 1 N–H and O–H groups in total. The van der Waals surface area contributed by atoms with Gasteiger partial charge in [0.05, 0.1) is 11.4 Å². The zero-order chi connectivity index (χ0) is 16.4. The summed E-state index contributed by atoms with van der Waals surface area (Å²) in [5, 5.41) is 3.62. The van der Waals surface area contributed by atoms with Gasteiger partial charge in [0.2, 0.25) is 0 Å². The standard InChI is InChI=1S/C13H14N4O5S/c1-2-11-14-12(22-15-11)16-23(19,20)10-5-3-9(4-6-10)17-7-8-21-13(17)18/h3-6H,2,7-8H2,1H3,(H,14,15,16). The van der Waals surface area contributed by atoms with Crippen molar-refractivity contribution < 1.29 is 22.5 Å². The van der Waals surface area contributed by atoms with Crippen molar-refractivity contribution in [2.24, 2.45) is 0 Å². The smallest absolute Gasteiger partial charge is 0.414 e. The van der Waals surface area contributed by atoms with E-state index in [1.807, 2.05) is 6.92 Å². The van der Waals surface area contributed by atoms with Gasteiger partial charge in [0.1, 0.15) is 6.61 Å². The van der Waals surface area contributed by atoms with Crippen molar-refractivity contribution in [2.45, 2.75) is 18.2 Å². The number of hydrogen-bond acceptors (Lipinski definition) is 7. The van der Waals surface area contributed by atoms with Gasteiger partial charge in [0.25, 0.3) is 10.0 Å². The molecule has 2 aromatic rings. The van der Waals surface area contributed by atoms with Crippen molar-refractivity contribution >= 4 is 27.8 Å². The molecule has 1 saturated heterocycles. The number of aromatic nitrogens is 2. The summed E-state index contributed by atoms with van der Waals surface area (Å²) in [4.78, 5) is 16.8. The highest BCUT2D eigenvalue weighted by Gasteiger charge is 2.24. The van der Waals surface area contributed by atoms with E-state index in [1.165, 1.54) is 29.2 Å². The lowest BCUT2D eigenvalue weighted by molar-refractivity contribution is 0.181. The Bertz CT molecular complexity index is 815. The maximum absolute atomic E-state index is 12.3. The Morgan fingerprint density at radius 3 is 2.61 bits per heavy atom. The number of benzene rings is 1. The van der Waals surface area contributed by atoms with Gasteiger partial charge in [-0.05, 0) is 24.3 Å². The first-order valence-electron chi connectivity index (χ1n) is 6.89. The topological polar surface area (TPSA) is 115 Å². The van der Waals surface area contributed by atoms with Crippen molar-refractivity contribution in [1.82, 2.24) is 10.1 Å². The first kappa shape index (κ1) is 15.3. The molecule has 1 aromatic heterocycles. The zero-order valence-electron chi connectivity index (χ0n) is 12.2. The lowest BCUT2D eigenvalue weighted by atomic mass is 10.3. The first-order chi connectivity index (χ1) is 11.0. The molecule has 1 aliphatic rings. The van der Waals surface area contributed by atoms with Gasteiger partial charge in [0, 0.05) is 12.1 Å². The van der Waals surface area contributed by atoms with Crippen LogP contribution in [0.4, 0.5) is 16.5 Å². The highest BCUT2D eigenvalue weighted by molar-refractivity contribution is 7.92. The fourth-order valence-electron chi connectivity index (χ4n) is 2.05. The number of ether oxygens (including phenoxy) is 1. The third kappa shape index (κ3) is 3.11. The van der Waals surface area contributed by atoms with E-state index in [2.05, 4.69) is 14.9 Å². The van der Waals surface area contributed by atoms with Crippen LogP contribution in [0.2, 0.25) is 0 Å². The molecule has 9 nitrogen and oxygen atoms in total. The second kappa shape index (κ2) is 5.88. The SMILES string of the molecule is CCc1noc(NS(=O)(=O)c2ccc(N3CCOC3=O)cc2)n1. The van der Waals surface area contributed by atoms with Crippen LogP contribution in [0.15, 0.2) is 33.7 Å². The van der Waals surface area contributed by atoms with Crippen LogP contribution in [0.25, 0.3) is 0 Å². The molecule has 3 rings (SSSR count). The van der Waals surface area contributed by atoms with Gasteiger partial charge in [0.15, 0.2) is 5.82 Å². The molecule has 0 aliphatic carbocycles. The van der Waals surface area contributed by atoms with Crippen molar-refractivity contribution in [2.75, 3.05) is 22.8 Å². The van der Waals surface area contributed by atoms with Gasteiger partial charge in [-0.15, -0.1) is 0 Å². The van der Waals surface area contributed by atoms with Crippen LogP contribution in [-0.2, 0) is 21.2 Å². The van der Waals surface area contributed by atoms with E-state index in [-0.39, 0.29) is 10.9 Å². The highest BCUT2D eigenvalue weighted by atomic mass is 32.2. The molecule has 10 heteroatoms. The normalized spacial score (nSPS) is 14.8. The molecule has 1 aromatic carbocycles. The number of amides is 1. The monoisotopic (exact) mass is 338 g/mol. The molecule has 0 spiro atoms. The quantitative estimate of drug-likeness (QED) is 0.876. The number of nitrogens with one attached hydrogen (secondary N) is 1. The number of nitrogens with zero attached hydrogens (tertiary/aromatic N) is 3. The molecule has 0 bridgehead atoms. The average molecular weight is 338 g/mol. The predicted octanol–water partition coefficient (Wildman–Crippen LogP) is 1.39. The minimum Gasteiger partial charge on any atom is -0.447 e. The number of cyclic esters (lactones) is 1. The van der Waals surface area contributed by atoms with Gasteiger partial charge in [-0.2, -0.15) is 4.98 Å². The fourth-order valence-corrected chi connectivity index (χ4v) is 2.97. The second-order valence-corrected chi connectivity index (χ2v) is 6.42. The van der Waals surface area contributed by atoms with Crippen LogP contribution >= 0.6 is 0 Å².